The number of hydrogen-bond donors (Lipinski definition) is 0. The molecule has 0 spiro atoms. The zero-order valence-corrected chi connectivity index (χ0v) is 26.4. The molecular formula is C27H38AuClF2NO3PS. The predicted octanol–water partition coefficient (Wildman–Crippen LogP) is 7.47. The number of aryl methyl sites for hydroxylation is 1. The Morgan fingerprint density at radius 2 is 1.51 bits per heavy atom. The Labute approximate surface area is 239 Å². The summed E-state index contributed by atoms with van der Waals surface area (Å²) in [6.45, 7) is 1.54. The van der Waals surface area contributed by atoms with Crippen molar-refractivity contribution in [1.29, 1.82) is 0 Å². The number of nitrogens with zero attached hydrogens (tertiary/aromatic N) is 1. The van der Waals surface area contributed by atoms with Gasteiger partial charge in [0.1, 0.15) is 5.30 Å². The van der Waals surface area contributed by atoms with Crippen LogP contribution in [0.1, 0.15) is 69.8 Å². The maximum atomic E-state index is 12.7. The van der Waals surface area contributed by atoms with Crippen LogP contribution >= 0.6 is 17.1 Å². The first-order valence-corrected chi connectivity index (χ1v) is 18.4. The van der Waals surface area contributed by atoms with Gasteiger partial charge in [0.05, 0.1) is 28.6 Å². The molecule has 2 aromatic rings. The number of rotatable bonds is 6. The van der Waals surface area contributed by atoms with Crippen LogP contribution < -0.4 is 14.4 Å². The molecule has 0 aromatic heterocycles. The molecule has 2 saturated carbocycles. The van der Waals surface area contributed by atoms with Crippen LogP contribution in [0.15, 0.2) is 36.4 Å². The van der Waals surface area contributed by atoms with Gasteiger partial charge in [-0.1, -0.05) is 35.8 Å². The average molecular weight is 758 g/mol. The molecule has 4 nitrogen and oxygen atoms in total. The normalized spacial score (nSPS) is 16.8. The van der Waals surface area contributed by atoms with E-state index in [0.717, 1.165) is 23.5 Å². The summed E-state index contributed by atoms with van der Waals surface area (Å²) in [5, 5.41) is 1.75. The van der Waals surface area contributed by atoms with Crippen molar-refractivity contribution < 1.29 is 40.9 Å². The van der Waals surface area contributed by atoms with E-state index in [9.17, 15) is 16.7 Å². The van der Waals surface area contributed by atoms with Crippen molar-refractivity contribution in [2.24, 2.45) is 0 Å². The van der Waals surface area contributed by atoms with Crippen molar-refractivity contribution in [1.82, 2.24) is 0 Å². The predicted molar refractivity (Wildman–Crippen MR) is 149 cm³/mol. The number of anilines is 1. The summed E-state index contributed by atoms with van der Waals surface area (Å²) >= 11 is 1.75. The molecule has 0 bridgehead atoms. The Morgan fingerprint density at radius 1 is 1.00 bits per heavy atom. The maximum absolute atomic E-state index is 12.7. The molecule has 0 N–H and O–H groups in total. The first-order chi connectivity index (χ1) is 17.7. The molecule has 0 radical (unpaired) electrons. The zero-order valence-electron chi connectivity index (χ0n) is 21.7. The van der Waals surface area contributed by atoms with Gasteiger partial charge in [0.25, 0.3) is 0 Å². The van der Waals surface area contributed by atoms with Crippen molar-refractivity contribution in [3.8, 4) is 5.75 Å². The molecule has 2 aliphatic carbocycles. The van der Waals surface area contributed by atoms with Crippen molar-refractivity contribution in [2.75, 3.05) is 19.0 Å². The van der Waals surface area contributed by atoms with Crippen LogP contribution in [0.5, 0.6) is 5.75 Å². The fraction of sp³-hybridized carbons (Fsp3) is 0.556. The van der Waals surface area contributed by atoms with E-state index < -0.39 is 30.0 Å². The van der Waals surface area contributed by atoms with Crippen LogP contribution in [0.25, 0.3) is 0 Å². The second kappa shape index (κ2) is 16.4. The second-order valence-corrected chi connectivity index (χ2v) is 13.9. The van der Waals surface area contributed by atoms with Crippen LogP contribution in [0.2, 0.25) is 0 Å². The molecule has 212 valence electrons. The molecule has 2 aromatic carbocycles. The summed E-state index contributed by atoms with van der Waals surface area (Å²) < 4.78 is 48.4. The summed E-state index contributed by atoms with van der Waals surface area (Å²) in [4.78, 5) is 2.35. The van der Waals surface area contributed by atoms with Gasteiger partial charge in [-0.05, 0) is 63.5 Å². The van der Waals surface area contributed by atoms with Gasteiger partial charge in [-0.2, -0.15) is 20.0 Å². The molecule has 0 amide bonds. The van der Waals surface area contributed by atoms with Crippen LogP contribution in [0.4, 0.5) is 14.0 Å². The molecule has 4 rings (SSSR count). The van der Waals surface area contributed by atoms with Gasteiger partial charge in [0.15, 0.2) is 0 Å². The molecule has 2 fully saturated rings. The van der Waals surface area contributed by atoms with Gasteiger partial charge in [-0.3, -0.25) is 4.39 Å². The van der Waals surface area contributed by atoms with Crippen molar-refractivity contribution in [3.05, 3.63) is 53.8 Å². The molecule has 0 heterocycles. The third kappa shape index (κ3) is 10.8. The third-order valence-electron chi connectivity index (χ3n) is 6.99. The van der Waals surface area contributed by atoms with Gasteiger partial charge in [-0.25, -0.2) is 0 Å². The van der Waals surface area contributed by atoms with Crippen LogP contribution in [-0.4, -0.2) is 33.8 Å². The molecule has 10 heteroatoms. The molecule has 37 heavy (non-hydrogen) atoms. The first-order valence-electron chi connectivity index (χ1n) is 12.7. The van der Waals surface area contributed by atoms with E-state index in [2.05, 4.69) is 62.7 Å². The molecular weight excluding hydrogens is 720 g/mol. The van der Waals surface area contributed by atoms with Gasteiger partial charge in [0.2, 0.25) is 0 Å². The van der Waals surface area contributed by atoms with Crippen molar-refractivity contribution >= 4 is 38.6 Å². The summed E-state index contributed by atoms with van der Waals surface area (Å²) in [6.07, 6.45) is 14.9. The van der Waals surface area contributed by atoms with Crippen molar-refractivity contribution in [2.45, 2.75) is 82.4 Å². The van der Waals surface area contributed by atoms with Gasteiger partial charge < -0.3 is 9.08 Å². The number of hydrogen-bond acceptors (Lipinski definition) is 4. The molecule has 0 unspecified atom stereocenters. The van der Waals surface area contributed by atoms with E-state index in [1.54, 1.807) is 25.3 Å². The van der Waals surface area contributed by atoms with Gasteiger partial charge >= 0.3 is 39.7 Å². The minimum absolute atomic E-state index is 0.439. The Morgan fingerprint density at radius 3 is 2.00 bits per heavy atom. The Hall–Kier alpha value is -0.690. The zero-order chi connectivity index (χ0) is 27.4. The van der Waals surface area contributed by atoms with E-state index in [0.29, 0.717) is 5.56 Å². The summed E-state index contributed by atoms with van der Waals surface area (Å²) in [5.41, 5.74) is 4.01. The quantitative estimate of drug-likeness (QED) is 0.133. The fourth-order valence-corrected chi connectivity index (χ4v) is 10.3. The Bertz CT molecular complexity index is 1050. The number of para-hydroxylation sites is 1. The summed E-state index contributed by atoms with van der Waals surface area (Å²) in [5.74, 6) is -1.65. The van der Waals surface area contributed by atoms with E-state index in [-0.39, 0.29) is 0 Å². The monoisotopic (exact) mass is 757 g/mol. The van der Waals surface area contributed by atoms with E-state index in [1.165, 1.54) is 76.8 Å². The standard InChI is InChI=1S/C20H32NP.C7H5F2O3S.Au.ClH/c1-21(2)19-15-9-10-16-20(19)22(17-11-5-3-6-12-17)18-13-7-4-8-14-18;1-5-2-3-6(8)7(4-5)12-13(9,10)11;;/h9-10,15-18H,3-8,11-14H2,1-2H3;3-4H,1H3;;1H/q;-1;+1;. The van der Waals surface area contributed by atoms with E-state index in [1.807, 2.05) is 0 Å². The fourth-order valence-electron chi connectivity index (χ4n) is 5.43. The minimum atomic E-state index is -5.17. The Balaban J connectivity index is 0.000000275. The number of benzene rings is 2. The van der Waals surface area contributed by atoms with E-state index >= 15 is 0 Å². The molecule has 0 atom stereocenters. The molecule has 0 saturated heterocycles. The van der Waals surface area contributed by atoms with Crippen molar-refractivity contribution in [3.63, 3.8) is 0 Å². The average Bonchev–Trinajstić information content (AvgIpc) is 2.89. The molecule has 0 aliphatic heterocycles. The number of halogens is 3. The van der Waals surface area contributed by atoms with Gasteiger partial charge in [-0.15, -0.1) is 12.1 Å². The Kier molecular flexibility index (Phi) is 14.4. The molecule has 2 aliphatic rings. The topological polar surface area (TPSA) is 46.6 Å². The van der Waals surface area contributed by atoms with Crippen LogP contribution in [0.3, 0.4) is 0 Å². The van der Waals surface area contributed by atoms with Crippen LogP contribution in [0, 0.1) is 18.8 Å². The van der Waals surface area contributed by atoms with E-state index in [4.69, 9.17) is 0 Å². The SMILES string of the molecule is CN(C)c1ccccc1[PH+](C1CCCCC1)C1CCCCC1.Cc1[c-]cc(F)c(OS(=O)(=O)F)c1.[Cl][Au]. The first kappa shape index (κ1) is 32.5. The van der Waals surface area contributed by atoms with Gasteiger partial charge in [0, 0.05) is 22.0 Å². The summed E-state index contributed by atoms with van der Waals surface area (Å²) in [6, 6.07) is 13.7. The summed E-state index contributed by atoms with van der Waals surface area (Å²) in [7, 11) is 3.42. The van der Waals surface area contributed by atoms with Crippen LogP contribution in [-0.2, 0) is 30.5 Å². The second-order valence-electron chi connectivity index (χ2n) is 9.84. The third-order valence-corrected chi connectivity index (χ3v) is 11.3.